The normalized spacial score (nSPS) is 17.6. The molecule has 4 nitrogen and oxygen atoms in total. The molecule has 1 N–H and O–H groups in total. The first-order valence-electron chi connectivity index (χ1n) is 5.79. The SMILES string of the molecule is COc1cc(C)cc(Cl)c1C1=C(O)C(C)(C)OC1=O. The molecule has 0 amide bonds. The minimum absolute atomic E-state index is 0.0619. The molecule has 19 heavy (non-hydrogen) atoms. The molecule has 2 rings (SSSR count). The van der Waals surface area contributed by atoms with E-state index in [9.17, 15) is 9.90 Å². The zero-order valence-corrected chi connectivity index (χ0v) is 12.0. The Morgan fingerprint density at radius 2 is 2.00 bits per heavy atom. The average Bonchev–Trinajstić information content (AvgIpc) is 2.49. The number of cyclic esters (lactones) is 1. The predicted molar refractivity (Wildman–Crippen MR) is 72.5 cm³/mol. The molecule has 0 aliphatic carbocycles. The first-order chi connectivity index (χ1) is 8.77. The molecular formula is C14H15ClO4. The molecule has 0 radical (unpaired) electrons. The Morgan fingerprint density at radius 1 is 1.37 bits per heavy atom. The zero-order valence-electron chi connectivity index (χ0n) is 11.2. The molecule has 102 valence electrons. The van der Waals surface area contributed by atoms with Gasteiger partial charge in [-0.1, -0.05) is 11.6 Å². The third kappa shape index (κ3) is 2.16. The summed E-state index contributed by atoms with van der Waals surface area (Å²) in [5, 5.41) is 10.5. The summed E-state index contributed by atoms with van der Waals surface area (Å²) in [5.41, 5.74) is 0.275. The fourth-order valence-electron chi connectivity index (χ4n) is 2.06. The van der Waals surface area contributed by atoms with Crippen LogP contribution >= 0.6 is 11.6 Å². The van der Waals surface area contributed by atoms with Gasteiger partial charge >= 0.3 is 5.97 Å². The number of esters is 1. The van der Waals surface area contributed by atoms with Crippen LogP contribution in [0.3, 0.4) is 0 Å². The highest BCUT2D eigenvalue weighted by molar-refractivity contribution is 6.35. The average molecular weight is 283 g/mol. The van der Waals surface area contributed by atoms with Gasteiger partial charge in [-0.2, -0.15) is 0 Å². The molecule has 0 atom stereocenters. The monoisotopic (exact) mass is 282 g/mol. The van der Waals surface area contributed by atoms with E-state index in [0.717, 1.165) is 5.56 Å². The van der Waals surface area contributed by atoms with Gasteiger partial charge in [-0.25, -0.2) is 4.79 Å². The van der Waals surface area contributed by atoms with Gasteiger partial charge in [0, 0.05) is 0 Å². The number of benzene rings is 1. The number of aryl methyl sites for hydroxylation is 1. The van der Waals surface area contributed by atoms with Crippen molar-refractivity contribution in [3.8, 4) is 5.75 Å². The Hall–Kier alpha value is -1.68. The Balaban J connectivity index is 2.73. The Kier molecular flexibility index (Phi) is 3.22. The van der Waals surface area contributed by atoms with E-state index in [-0.39, 0.29) is 11.3 Å². The number of carbonyl (C=O) groups excluding carboxylic acids is 1. The van der Waals surface area contributed by atoms with Crippen LogP contribution in [-0.4, -0.2) is 23.8 Å². The number of carbonyl (C=O) groups is 1. The van der Waals surface area contributed by atoms with Gasteiger partial charge in [0.1, 0.15) is 11.3 Å². The second kappa shape index (κ2) is 4.46. The number of rotatable bonds is 2. The van der Waals surface area contributed by atoms with E-state index in [1.54, 1.807) is 26.0 Å². The molecule has 0 bridgehead atoms. The number of ether oxygens (including phenoxy) is 2. The summed E-state index contributed by atoms with van der Waals surface area (Å²) < 4.78 is 10.4. The van der Waals surface area contributed by atoms with Crippen LogP contribution in [0.2, 0.25) is 5.02 Å². The first kappa shape index (κ1) is 13.7. The van der Waals surface area contributed by atoms with Crippen LogP contribution in [0.1, 0.15) is 25.0 Å². The van der Waals surface area contributed by atoms with Gasteiger partial charge in [0.2, 0.25) is 0 Å². The lowest BCUT2D eigenvalue weighted by atomic mass is 9.98. The lowest BCUT2D eigenvalue weighted by Crippen LogP contribution is -2.22. The quantitative estimate of drug-likeness (QED) is 0.846. The topological polar surface area (TPSA) is 55.8 Å². The van der Waals surface area contributed by atoms with Crippen molar-refractivity contribution in [1.29, 1.82) is 0 Å². The number of aliphatic hydroxyl groups excluding tert-OH is 1. The Morgan fingerprint density at radius 3 is 2.47 bits per heavy atom. The summed E-state index contributed by atoms with van der Waals surface area (Å²) in [6.45, 7) is 5.09. The smallest absolute Gasteiger partial charge is 0.343 e. The van der Waals surface area contributed by atoms with E-state index in [1.165, 1.54) is 7.11 Å². The zero-order chi connectivity index (χ0) is 14.4. The van der Waals surface area contributed by atoms with Crippen LogP contribution in [-0.2, 0) is 9.53 Å². The Labute approximate surface area is 116 Å². The highest BCUT2D eigenvalue weighted by Gasteiger charge is 2.43. The predicted octanol–water partition coefficient (Wildman–Crippen LogP) is 3.26. The molecule has 5 heteroatoms. The van der Waals surface area contributed by atoms with Crippen LogP contribution in [0, 0.1) is 6.92 Å². The molecule has 1 aromatic rings. The summed E-state index contributed by atoms with van der Waals surface area (Å²) in [5.74, 6) is -0.311. The van der Waals surface area contributed by atoms with Crippen LogP contribution < -0.4 is 4.74 Å². The standard InChI is InChI=1S/C14H15ClO4/c1-7-5-8(15)10(9(6-7)18-4)11-12(16)14(2,3)19-13(11)17/h5-6,16H,1-4H3. The molecule has 0 saturated carbocycles. The van der Waals surface area contributed by atoms with Gasteiger partial charge in [0.05, 0.1) is 17.7 Å². The molecule has 1 aliphatic rings. The van der Waals surface area contributed by atoms with Gasteiger partial charge < -0.3 is 14.6 Å². The van der Waals surface area contributed by atoms with Gasteiger partial charge in [0.25, 0.3) is 0 Å². The molecule has 1 heterocycles. The first-order valence-corrected chi connectivity index (χ1v) is 6.17. The number of hydrogen-bond acceptors (Lipinski definition) is 4. The number of methoxy groups -OCH3 is 1. The van der Waals surface area contributed by atoms with Crippen molar-refractivity contribution in [3.63, 3.8) is 0 Å². The minimum atomic E-state index is -1.05. The molecule has 0 aromatic heterocycles. The molecule has 1 aliphatic heterocycles. The van der Waals surface area contributed by atoms with Crippen molar-refractivity contribution >= 4 is 23.1 Å². The fraction of sp³-hybridized carbons (Fsp3) is 0.357. The summed E-state index contributed by atoms with van der Waals surface area (Å²) in [4.78, 5) is 12.0. The van der Waals surface area contributed by atoms with Crippen LogP contribution in [0.25, 0.3) is 5.57 Å². The van der Waals surface area contributed by atoms with E-state index >= 15 is 0 Å². The van der Waals surface area contributed by atoms with Gasteiger partial charge in [-0.3, -0.25) is 0 Å². The van der Waals surface area contributed by atoms with E-state index in [2.05, 4.69) is 0 Å². The van der Waals surface area contributed by atoms with Crippen molar-refractivity contribution in [2.45, 2.75) is 26.4 Å². The van der Waals surface area contributed by atoms with Crippen LogP contribution in [0.5, 0.6) is 5.75 Å². The fourth-order valence-corrected chi connectivity index (χ4v) is 2.42. The minimum Gasteiger partial charge on any atom is -0.507 e. The molecule has 0 saturated heterocycles. The molecule has 0 fully saturated rings. The van der Waals surface area contributed by atoms with Crippen molar-refractivity contribution in [2.24, 2.45) is 0 Å². The largest absolute Gasteiger partial charge is 0.507 e. The van der Waals surface area contributed by atoms with Crippen molar-refractivity contribution < 1.29 is 19.4 Å². The van der Waals surface area contributed by atoms with E-state index in [1.807, 2.05) is 6.92 Å². The summed E-state index contributed by atoms with van der Waals surface area (Å²) in [6, 6.07) is 3.46. The van der Waals surface area contributed by atoms with E-state index in [0.29, 0.717) is 16.3 Å². The highest BCUT2D eigenvalue weighted by Crippen LogP contribution is 2.42. The van der Waals surface area contributed by atoms with Gasteiger partial charge in [0.15, 0.2) is 11.4 Å². The van der Waals surface area contributed by atoms with E-state index < -0.39 is 11.6 Å². The van der Waals surface area contributed by atoms with Crippen molar-refractivity contribution in [2.75, 3.05) is 7.11 Å². The maximum atomic E-state index is 12.0. The molecule has 0 spiro atoms. The maximum Gasteiger partial charge on any atom is 0.343 e. The highest BCUT2D eigenvalue weighted by atomic mass is 35.5. The second-order valence-electron chi connectivity index (χ2n) is 4.95. The number of halogens is 1. The van der Waals surface area contributed by atoms with Crippen LogP contribution in [0.15, 0.2) is 17.9 Å². The van der Waals surface area contributed by atoms with Crippen molar-refractivity contribution in [3.05, 3.63) is 34.0 Å². The lowest BCUT2D eigenvalue weighted by Gasteiger charge is -2.16. The molecular weight excluding hydrogens is 268 g/mol. The second-order valence-corrected chi connectivity index (χ2v) is 5.35. The summed E-state index contributed by atoms with van der Waals surface area (Å²) >= 11 is 6.18. The lowest BCUT2D eigenvalue weighted by molar-refractivity contribution is -0.143. The Bertz CT molecular complexity index is 587. The number of aliphatic hydroxyl groups is 1. The van der Waals surface area contributed by atoms with Gasteiger partial charge in [-0.15, -0.1) is 0 Å². The van der Waals surface area contributed by atoms with E-state index in [4.69, 9.17) is 21.1 Å². The molecule has 1 aromatic carbocycles. The molecule has 0 unspecified atom stereocenters. The summed E-state index contributed by atoms with van der Waals surface area (Å²) in [7, 11) is 1.48. The summed E-state index contributed by atoms with van der Waals surface area (Å²) in [6.07, 6.45) is 0. The third-order valence-electron chi connectivity index (χ3n) is 3.03. The van der Waals surface area contributed by atoms with Crippen molar-refractivity contribution in [1.82, 2.24) is 0 Å². The van der Waals surface area contributed by atoms with Crippen LogP contribution in [0.4, 0.5) is 0 Å². The third-order valence-corrected chi connectivity index (χ3v) is 3.33. The maximum absolute atomic E-state index is 12.0. The number of hydrogen-bond donors (Lipinski definition) is 1. The van der Waals surface area contributed by atoms with Gasteiger partial charge in [-0.05, 0) is 38.5 Å².